The van der Waals surface area contributed by atoms with Crippen LogP contribution >= 0.6 is 0 Å². The summed E-state index contributed by atoms with van der Waals surface area (Å²) in [7, 11) is -5.71. The molecule has 6 heteroatoms. The van der Waals surface area contributed by atoms with E-state index in [1.807, 2.05) is 39.8 Å². The molecule has 0 bridgehead atoms. The molecule has 0 saturated carbocycles. The van der Waals surface area contributed by atoms with Gasteiger partial charge in [-0.15, -0.1) is 0 Å². The summed E-state index contributed by atoms with van der Waals surface area (Å²) in [6.07, 6.45) is 0. The van der Waals surface area contributed by atoms with Gasteiger partial charge < -0.3 is 17.7 Å². The van der Waals surface area contributed by atoms with Crippen molar-refractivity contribution in [3.8, 4) is 0 Å². The molecule has 154 valence electrons. The number of hydrogen-bond acceptors (Lipinski definition) is 4. The fraction of sp³-hybridized carbons (Fsp3) is 0.455. The third kappa shape index (κ3) is 4.64. The average molecular weight is 419 g/mol. The molecule has 0 heterocycles. The lowest BCUT2D eigenvalue weighted by Gasteiger charge is -2.44. The highest BCUT2D eigenvalue weighted by atomic mass is 28.4. The number of rotatable bonds is 12. The van der Waals surface area contributed by atoms with Gasteiger partial charge >= 0.3 is 17.1 Å². The highest BCUT2D eigenvalue weighted by molar-refractivity contribution is 6.99. The number of benzene rings is 2. The van der Waals surface area contributed by atoms with Gasteiger partial charge in [-0.3, -0.25) is 0 Å². The summed E-state index contributed by atoms with van der Waals surface area (Å²) in [6, 6.07) is 20.7. The van der Waals surface area contributed by atoms with Gasteiger partial charge in [-0.1, -0.05) is 67.6 Å². The molecule has 2 rings (SSSR count). The summed E-state index contributed by atoms with van der Waals surface area (Å²) in [5.41, 5.74) is 0. The molecule has 0 spiro atoms. The maximum Gasteiger partial charge on any atom is 0.377 e. The van der Waals surface area contributed by atoms with Crippen LogP contribution in [0, 0.1) is 0 Å². The molecule has 0 aliphatic rings. The van der Waals surface area contributed by atoms with E-state index in [-0.39, 0.29) is 5.16 Å². The van der Waals surface area contributed by atoms with E-state index in [4.69, 9.17) is 17.7 Å². The van der Waals surface area contributed by atoms with E-state index in [9.17, 15) is 0 Å². The van der Waals surface area contributed by atoms with Gasteiger partial charge in [0.2, 0.25) is 0 Å². The van der Waals surface area contributed by atoms with Crippen molar-refractivity contribution in [1.82, 2.24) is 0 Å². The Labute approximate surface area is 172 Å². The molecule has 0 saturated heterocycles. The molecule has 0 aliphatic carbocycles. The van der Waals surface area contributed by atoms with Crippen LogP contribution in [0.4, 0.5) is 0 Å². The smallest absolute Gasteiger partial charge is 0.377 e. The highest BCUT2D eigenvalue weighted by Crippen LogP contribution is 2.35. The maximum atomic E-state index is 6.53. The van der Waals surface area contributed by atoms with Crippen LogP contribution in [0.1, 0.15) is 34.6 Å². The van der Waals surface area contributed by atoms with Gasteiger partial charge in [-0.05, 0) is 38.1 Å². The van der Waals surface area contributed by atoms with Crippen molar-refractivity contribution in [3.05, 3.63) is 60.7 Å². The molecule has 0 unspecified atom stereocenters. The van der Waals surface area contributed by atoms with Gasteiger partial charge in [0.25, 0.3) is 0 Å². The Morgan fingerprint density at radius 3 is 1.11 bits per heavy atom. The van der Waals surface area contributed by atoms with Crippen LogP contribution in [0.2, 0.25) is 5.16 Å². The molecule has 0 aromatic heterocycles. The summed E-state index contributed by atoms with van der Waals surface area (Å²) in [4.78, 5) is 0. The standard InChI is InChI=1S/C22H34O4Si2/c1-6-23-27(24-7-2,21-16-12-10-13-17-21)20(5)28(25-8-3,26-9-4)22-18-14-11-15-19-22/h10-20H,6-9H2,1-5H3. The van der Waals surface area contributed by atoms with E-state index < -0.39 is 17.1 Å². The van der Waals surface area contributed by atoms with E-state index in [1.165, 1.54) is 0 Å². The Morgan fingerprint density at radius 2 is 0.857 bits per heavy atom. The van der Waals surface area contributed by atoms with Crippen LogP contribution in [0.3, 0.4) is 0 Å². The van der Waals surface area contributed by atoms with E-state index in [1.54, 1.807) is 0 Å². The van der Waals surface area contributed by atoms with Gasteiger partial charge in [-0.2, -0.15) is 0 Å². The van der Waals surface area contributed by atoms with Crippen LogP contribution in [0.15, 0.2) is 60.7 Å². The monoisotopic (exact) mass is 418 g/mol. The normalized spacial score (nSPS) is 12.5. The van der Waals surface area contributed by atoms with Gasteiger partial charge in [0.15, 0.2) is 0 Å². The lowest BCUT2D eigenvalue weighted by atomic mass is 10.4. The largest absolute Gasteiger partial charge is 0.391 e. The predicted molar refractivity (Wildman–Crippen MR) is 120 cm³/mol. The highest BCUT2D eigenvalue weighted by Gasteiger charge is 2.60. The summed E-state index contributed by atoms with van der Waals surface area (Å²) in [5.74, 6) is 0. The third-order valence-electron chi connectivity index (χ3n) is 4.93. The molecule has 0 atom stereocenters. The minimum Gasteiger partial charge on any atom is -0.391 e. The molecule has 28 heavy (non-hydrogen) atoms. The second-order valence-corrected chi connectivity index (χ2v) is 13.8. The van der Waals surface area contributed by atoms with Crippen molar-refractivity contribution in [2.45, 2.75) is 39.8 Å². The first kappa shape index (κ1) is 23.0. The summed E-state index contributed by atoms with van der Waals surface area (Å²) < 4.78 is 26.1. The SMILES string of the molecule is CCO[Si](OCC)(c1ccccc1)C(C)[Si](OCC)(OCC)c1ccccc1. The minimum absolute atomic E-state index is 0.00963. The summed E-state index contributed by atoms with van der Waals surface area (Å²) >= 11 is 0. The van der Waals surface area contributed by atoms with Crippen LogP contribution in [0.5, 0.6) is 0 Å². The predicted octanol–water partition coefficient (Wildman–Crippen LogP) is 3.76. The molecule has 2 aromatic rings. The van der Waals surface area contributed by atoms with E-state index in [0.29, 0.717) is 26.4 Å². The molecule has 2 aromatic carbocycles. The first-order chi connectivity index (χ1) is 13.6. The van der Waals surface area contributed by atoms with Gasteiger partial charge in [0, 0.05) is 26.4 Å². The fourth-order valence-corrected chi connectivity index (χ4v) is 13.7. The van der Waals surface area contributed by atoms with Crippen molar-refractivity contribution in [2.24, 2.45) is 0 Å². The first-order valence-corrected chi connectivity index (χ1v) is 14.1. The van der Waals surface area contributed by atoms with Crippen LogP contribution in [0.25, 0.3) is 0 Å². The van der Waals surface area contributed by atoms with Crippen molar-refractivity contribution in [2.75, 3.05) is 26.4 Å². The zero-order valence-electron chi connectivity index (χ0n) is 17.8. The molecule has 4 nitrogen and oxygen atoms in total. The zero-order valence-corrected chi connectivity index (χ0v) is 19.8. The Balaban J connectivity index is 2.69. The van der Waals surface area contributed by atoms with E-state index in [2.05, 4.69) is 55.5 Å². The molecular weight excluding hydrogens is 384 g/mol. The summed E-state index contributed by atoms with van der Waals surface area (Å²) in [5, 5.41) is 2.24. The Bertz CT molecular complexity index is 610. The van der Waals surface area contributed by atoms with Crippen molar-refractivity contribution < 1.29 is 17.7 Å². The third-order valence-corrected chi connectivity index (χ3v) is 14.6. The maximum absolute atomic E-state index is 6.53. The quantitative estimate of drug-likeness (QED) is 0.492. The van der Waals surface area contributed by atoms with Gasteiger partial charge in [0.1, 0.15) is 0 Å². The van der Waals surface area contributed by atoms with Crippen LogP contribution < -0.4 is 10.4 Å². The average Bonchev–Trinajstić information content (AvgIpc) is 2.74. The Kier molecular flexibility index (Phi) is 9.07. The lowest BCUT2D eigenvalue weighted by molar-refractivity contribution is 0.164. The van der Waals surface area contributed by atoms with Gasteiger partial charge in [-0.25, -0.2) is 0 Å². The second-order valence-electron chi connectivity index (χ2n) is 6.52. The van der Waals surface area contributed by atoms with E-state index in [0.717, 1.165) is 10.4 Å². The Hall–Kier alpha value is -1.29. The second kappa shape index (κ2) is 11.0. The van der Waals surface area contributed by atoms with Crippen molar-refractivity contribution >= 4 is 27.5 Å². The van der Waals surface area contributed by atoms with E-state index >= 15 is 0 Å². The molecular formula is C22H34O4Si2. The lowest BCUT2D eigenvalue weighted by Crippen LogP contribution is -2.70. The van der Waals surface area contributed by atoms with Crippen LogP contribution in [-0.4, -0.2) is 43.5 Å². The molecule has 0 amide bonds. The molecule has 0 fully saturated rings. The fourth-order valence-electron chi connectivity index (χ4n) is 3.87. The van der Waals surface area contributed by atoms with Gasteiger partial charge in [0.05, 0.1) is 5.16 Å². The topological polar surface area (TPSA) is 36.9 Å². The minimum atomic E-state index is -2.86. The molecule has 0 radical (unpaired) electrons. The van der Waals surface area contributed by atoms with Crippen molar-refractivity contribution in [3.63, 3.8) is 0 Å². The Morgan fingerprint density at radius 1 is 0.571 bits per heavy atom. The summed E-state index contributed by atoms with van der Waals surface area (Å²) in [6.45, 7) is 12.7. The molecule has 0 N–H and O–H groups in total. The first-order valence-electron chi connectivity index (χ1n) is 10.3. The van der Waals surface area contributed by atoms with Crippen molar-refractivity contribution in [1.29, 1.82) is 0 Å². The zero-order chi connectivity index (χ0) is 20.5. The van der Waals surface area contributed by atoms with Crippen LogP contribution in [-0.2, 0) is 17.7 Å². The number of hydrogen-bond donors (Lipinski definition) is 0. The molecule has 0 aliphatic heterocycles.